The second-order valence-electron chi connectivity index (χ2n) is 6.79. The van der Waals surface area contributed by atoms with Crippen molar-refractivity contribution in [3.63, 3.8) is 0 Å². The fourth-order valence-corrected chi connectivity index (χ4v) is 4.48. The summed E-state index contributed by atoms with van der Waals surface area (Å²) in [7, 11) is 0. The molecule has 18 heavy (non-hydrogen) atoms. The molecule has 2 nitrogen and oxygen atoms in total. The molecule has 1 saturated carbocycles. The molecule has 3 rings (SSSR count). The van der Waals surface area contributed by atoms with Crippen molar-refractivity contribution in [3.05, 3.63) is 0 Å². The molecule has 1 aliphatic carbocycles. The minimum Gasteiger partial charge on any atom is -0.310 e. The van der Waals surface area contributed by atoms with E-state index in [0.29, 0.717) is 0 Å². The SMILES string of the molecule is CCC1CCC(NC2CCN3CCCCC23)CC1. The van der Waals surface area contributed by atoms with Crippen LogP contribution in [0.3, 0.4) is 0 Å². The number of nitrogens with one attached hydrogen (secondary N) is 1. The van der Waals surface area contributed by atoms with Gasteiger partial charge in [-0.25, -0.2) is 0 Å². The molecule has 2 unspecified atom stereocenters. The van der Waals surface area contributed by atoms with Crippen LogP contribution in [0, 0.1) is 5.92 Å². The predicted octanol–water partition coefficient (Wildman–Crippen LogP) is 3.17. The van der Waals surface area contributed by atoms with Crippen LogP contribution in [0.15, 0.2) is 0 Å². The Hall–Kier alpha value is -0.0800. The van der Waals surface area contributed by atoms with E-state index >= 15 is 0 Å². The number of hydrogen-bond acceptors (Lipinski definition) is 2. The topological polar surface area (TPSA) is 15.3 Å². The first-order valence-corrected chi connectivity index (χ1v) is 8.37. The van der Waals surface area contributed by atoms with E-state index in [1.807, 2.05) is 0 Å². The third-order valence-corrected chi connectivity index (χ3v) is 5.73. The molecule has 2 saturated heterocycles. The summed E-state index contributed by atoms with van der Waals surface area (Å²) in [5, 5.41) is 4.02. The zero-order chi connectivity index (χ0) is 12.4. The summed E-state index contributed by atoms with van der Waals surface area (Å²) < 4.78 is 0. The number of rotatable bonds is 3. The maximum atomic E-state index is 4.02. The first-order valence-electron chi connectivity index (χ1n) is 8.37. The Labute approximate surface area is 113 Å². The van der Waals surface area contributed by atoms with Crippen LogP contribution in [-0.2, 0) is 0 Å². The highest BCUT2D eigenvalue weighted by Crippen LogP contribution is 2.30. The predicted molar refractivity (Wildman–Crippen MR) is 76.8 cm³/mol. The number of piperidine rings is 1. The van der Waals surface area contributed by atoms with Crippen molar-refractivity contribution in [3.8, 4) is 0 Å². The molecule has 104 valence electrons. The van der Waals surface area contributed by atoms with Gasteiger partial charge in [0, 0.05) is 24.7 Å². The molecule has 2 aliphatic heterocycles. The van der Waals surface area contributed by atoms with Crippen molar-refractivity contribution in [1.82, 2.24) is 10.2 Å². The smallest absolute Gasteiger partial charge is 0.0249 e. The number of hydrogen-bond donors (Lipinski definition) is 1. The van der Waals surface area contributed by atoms with Crippen LogP contribution in [0.1, 0.15) is 64.7 Å². The summed E-state index contributed by atoms with van der Waals surface area (Å²) in [4.78, 5) is 2.75. The number of fused-ring (bicyclic) bond motifs is 1. The average Bonchev–Trinajstić information content (AvgIpc) is 2.83. The van der Waals surface area contributed by atoms with Crippen molar-refractivity contribution in [2.24, 2.45) is 5.92 Å². The van der Waals surface area contributed by atoms with Gasteiger partial charge in [0.1, 0.15) is 0 Å². The van der Waals surface area contributed by atoms with Crippen molar-refractivity contribution in [1.29, 1.82) is 0 Å². The van der Waals surface area contributed by atoms with Gasteiger partial charge in [-0.1, -0.05) is 19.8 Å². The highest BCUT2D eigenvalue weighted by Gasteiger charge is 2.36. The van der Waals surface area contributed by atoms with Gasteiger partial charge in [-0.2, -0.15) is 0 Å². The zero-order valence-corrected chi connectivity index (χ0v) is 12.0. The van der Waals surface area contributed by atoms with E-state index in [0.717, 1.165) is 24.0 Å². The standard InChI is InChI=1S/C16H30N2/c1-2-13-6-8-14(9-7-13)17-15-10-12-18-11-4-3-5-16(15)18/h13-17H,2-12H2,1H3. The zero-order valence-electron chi connectivity index (χ0n) is 12.0. The van der Waals surface area contributed by atoms with Crippen LogP contribution in [-0.4, -0.2) is 36.1 Å². The van der Waals surface area contributed by atoms with E-state index in [1.54, 1.807) is 0 Å². The monoisotopic (exact) mass is 250 g/mol. The van der Waals surface area contributed by atoms with Gasteiger partial charge in [0.15, 0.2) is 0 Å². The minimum absolute atomic E-state index is 0.813. The van der Waals surface area contributed by atoms with Crippen LogP contribution >= 0.6 is 0 Å². The van der Waals surface area contributed by atoms with Crippen molar-refractivity contribution in [2.75, 3.05) is 13.1 Å². The van der Waals surface area contributed by atoms with Gasteiger partial charge in [0.05, 0.1) is 0 Å². The normalized spacial score (nSPS) is 41.8. The molecule has 0 amide bonds. The molecular formula is C16H30N2. The maximum Gasteiger partial charge on any atom is 0.0249 e. The summed E-state index contributed by atoms with van der Waals surface area (Å²) in [6.45, 7) is 5.08. The van der Waals surface area contributed by atoms with Crippen LogP contribution in [0.5, 0.6) is 0 Å². The Kier molecular flexibility index (Phi) is 4.25. The lowest BCUT2D eigenvalue weighted by Gasteiger charge is -2.36. The van der Waals surface area contributed by atoms with Crippen LogP contribution in [0.25, 0.3) is 0 Å². The Bertz CT molecular complexity index is 258. The molecule has 0 aromatic rings. The summed E-state index contributed by atoms with van der Waals surface area (Å²) in [6, 6.07) is 2.52. The molecule has 2 heterocycles. The summed E-state index contributed by atoms with van der Waals surface area (Å²) in [5.41, 5.74) is 0. The van der Waals surface area contributed by atoms with Crippen molar-refractivity contribution in [2.45, 2.75) is 82.8 Å². The van der Waals surface area contributed by atoms with Crippen molar-refractivity contribution >= 4 is 0 Å². The molecule has 3 aliphatic rings. The number of nitrogens with zero attached hydrogens (tertiary/aromatic N) is 1. The molecule has 0 radical (unpaired) electrons. The average molecular weight is 250 g/mol. The summed E-state index contributed by atoms with van der Waals surface area (Å²) in [6.07, 6.45) is 12.9. The van der Waals surface area contributed by atoms with Crippen LogP contribution in [0.4, 0.5) is 0 Å². The maximum absolute atomic E-state index is 4.02. The lowest BCUT2D eigenvalue weighted by molar-refractivity contribution is 0.169. The van der Waals surface area contributed by atoms with Gasteiger partial charge in [0.25, 0.3) is 0 Å². The molecule has 2 atom stereocenters. The van der Waals surface area contributed by atoms with Gasteiger partial charge < -0.3 is 5.32 Å². The molecular weight excluding hydrogens is 220 g/mol. The Morgan fingerprint density at radius 2 is 1.78 bits per heavy atom. The van der Waals surface area contributed by atoms with E-state index in [1.165, 1.54) is 70.9 Å². The summed E-state index contributed by atoms with van der Waals surface area (Å²) >= 11 is 0. The van der Waals surface area contributed by atoms with E-state index in [-0.39, 0.29) is 0 Å². The van der Waals surface area contributed by atoms with E-state index < -0.39 is 0 Å². The molecule has 0 aromatic carbocycles. The lowest BCUT2D eigenvalue weighted by atomic mass is 9.84. The fraction of sp³-hybridized carbons (Fsp3) is 1.00. The first-order chi connectivity index (χ1) is 8.86. The second kappa shape index (κ2) is 5.92. The Balaban J connectivity index is 1.48. The van der Waals surface area contributed by atoms with Gasteiger partial charge >= 0.3 is 0 Å². The van der Waals surface area contributed by atoms with Gasteiger partial charge in [-0.3, -0.25) is 4.90 Å². The third-order valence-electron chi connectivity index (χ3n) is 5.73. The molecule has 0 bridgehead atoms. The highest BCUT2D eigenvalue weighted by atomic mass is 15.2. The second-order valence-corrected chi connectivity index (χ2v) is 6.79. The van der Waals surface area contributed by atoms with Crippen molar-refractivity contribution < 1.29 is 0 Å². The minimum atomic E-state index is 0.813. The molecule has 3 fully saturated rings. The van der Waals surface area contributed by atoms with Crippen LogP contribution < -0.4 is 5.32 Å². The molecule has 2 heteroatoms. The highest BCUT2D eigenvalue weighted by molar-refractivity contribution is 4.95. The molecule has 0 spiro atoms. The molecule has 1 N–H and O–H groups in total. The van der Waals surface area contributed by atoms with E-state index in [4.69, 9.17) is 0 Å². The lowest BCUT2D eigenvalue weighted by Crippen LogP contribution is -2.49. The quantitative estimate of drug-likeness (QED) is 0.827. The van der Waals surface area contributed by atoms with Gasteiger partial charge in [-0.05, 0) is 57.4 Å². The van der Waals surface area contributed by atoms with Gasteiger partial charge in [0.2, 0.25) is 0 Å². The molecule has 0 aromatic heterocycles. The first kappa shape index (κ1) is 12.9. The van der Waals surface area contributed by atoms with E-state index in [2.05, 4.69) is 17.1 Å². The largest absolute Gasteiger partial charge is 0.310 e. The third kappa shape index (κ3) is 2.75. The Morgan fingerprint density at radius 1 is 0.944 bits per heavy atom. The van der Waals surface area contributed by atoms with E-state index in [9.17, 15) is 0 Å². The summed E-state index contributed by atoms with van der Waals surface area (Å²) in [5.74, 6) is 1.03. The fourth-order valence-electron chi connectivity index (χ4n) is 4.48. The van der Waals surface area contributed by atoms with Crippen LogP contribution in [0.2, 0.25) is 0 Å². The Morgan fingerprint density at radius 3 is 2.56 bits per heavy atom. The van der Waals surface area contributed by atoms with Gasteiger partial charge in [-0.15, -0.1) is 0 Å².